The van der Waals surface area contributed by atoms with Crippen molar-refractivity contribution < 1.29 is 4.79 Å². The Morgan fingerprint density at radius 3 is 2.92 bits per heavy atom. The first-order valence-electron chi connectivity index (χ1n) is 4.07. The van der Waals surface area contributed by atoms with Gasteiger partial charge in [-0.25, -0.2) is 4.98 Å². The SMILES string of the molecule is CC(C)CC(=O)Cc1cscn1. The highest BCUT2D eigenvalue weighted by Crippen LogP contribution is 2.06. The predicted molar refractivity (Wildman–Crippen MR) is 50.3 cm³/mol. The van der Waals surface area contributed by atoms with Gasteiger partial charge in [-0.15, -0.1) is 11.3 Å². The van der Waals surface area contributed by atoms with E-state index in [4.69, 9.17) is 0 Å². The fraction of sp³-hybridized carbons (Fsp3) is 0.556. The van der Waals surface area contributed by atoms with Crippen LogP contribution in [0.25, 0.3) is 0 Å². The maximum atomic E-state index is 11.3. The van der Waals surface area contributed by atoms with Gasteiger partial charge in [-0.1, -0.05) is 13.8 Å². The summed E-state index contributed by atoms with van der Waals surface area (Å²) in [6.45, 7) is 4.11. The van der Waals surface area contributed by atoms with Gasteiger partial charge >= 0.3 is 0 Å². The van der Waals surface area contributed by atoms with Crippen LogP contribution in [0, 0.1) is 5.92 Å². The molecule has 12 heavy (non-hydrogen) atoms. The smallest absolute Gasteiger partial charge is 0.139 e. The summed E-state index contributed by atoms with van der Waals surface area (Å²) >= 11 is 1.54. The molecule has 0 bridgehead atoms. The molecule has 0 radical (unpaired) electrons. The van der Waals surface area contributed by atoms with Crippen molar-refractivity contribution in [3.8, 4) is 0 Å². The molecular weight excluding hydrogens is 170 g/mol. The largest absolute Gasteiger partial charge is 0.299 e. The standard InChI is InChI=1S/C9H13NOS/c1-7(2)3-9(11)4-8-5-12-6-10-8/h5-7H,3-4H2,1-2H3. The third kappa shape index (κ3) is 3.13. The zero-order valence-electron chi connectivity index (χ0n) is 7.41. The first-order valence-corrected chi connectivity index (χ1v) is 5.01. The third-order valence-corrected chi connectivity index (χ3v) is 2.13. The third-order valence-electron chi connectivity index (χ3n) is 1.50. The molecule has 1 aromatic rings. The summed E-state index contributed by atoms with van der Waals surface area (Å²) in [6, 6.07) is 0. The number of carbonyl (C=O) groups is 1. The summed E-state index contributed by atoms with van der Waals surface area (Å²) in [6.07, 6.45) is 1.17. The molecule has 0 saturated carbocycles. The Hall–Kier alpha value is -0.700. The van der Waals surface area contributed by atoms with E-state index in [0.717, 1.165) is 5.69 Å². The van der Waals surface area contributed by atoms with Crippen molar-refractivity contribution in [1.29, 1.82) is 0 Å². The number of aromatic nitrogens is 1. The first-order chi connectivity index (χ1) is 5.68. The van der Waals surface area contributed by atoms with E-state index in [1.54, 1.807) is 5.51 Å². The number of rotatable bonds is 4. The van der Waals surface area contributed by atoms with Gasteiger partial charge in [-0.05, 0) is 5.92 Å². The summed E-state index contributed by atoms with van der Waals surface area (Å²) in [5.41, 5.74) is 2.67. The maximum absolute atomic E-state index is 11.3. The highest BCUT2D eigenvalue weighted by molar-refractivity contribution is 7.07. The second-order valence-electron chi connectivity index (χ2n) is 3.29. The summed E-state index contributed by atoms with van der Waals surface area (Å²) in [7, 11) is 0. The normalized spacial score (nSPS) is 10.6. The average molecular weight is 183 g/mol. The molecule has 1 aromatic heterocycles. The van der Waals surface area contributed by atoms with Crippen LogP contribution in [0.4, 0.5) is 0 Å². The Bertz CT molecular complexity index is 241. The van der Waals surface area contributed by atoms with E-state index in [1.165, 1.54) is 11.3 Å². The van der Waals surface area contributed by atoms with Gasteiger partial charge in [0.15, 0.2) is 0 Å². The number of nitrogens with zero attached hydrogens (tertiary/aromatic N) is 1. The summed E-state index contributed by atoms with van der Waals surface area (Å²) < 4.78 is 0. The minimum atomic E-state index is 0.288. The molecule has 0 unspecified atom stereocenters. The van der Waals surface area contributed by atoms with Crippen LogP contribution in [0.5, 0.6) is 0 Å². The number of carbonyl (C=O) groups excluding carboxylic acids is 1. The van der Waals surface area contributed by atoms with E-state index in [9.17, 15) is 4.79 Å². The van der Waals surface area contributed by atoms with Gasteiger partial charge in [0.2, 0.25) is 0 Å². The molecule has 0 aliphatic heterocycles. The van der Waals surface area contributed by atoms with E-state index in [0.29, 0.717) is 18.8 Å². The van der Waals surface area contributed by atoms with Gasteiger partial charge < -0.3 is 0 Å². The Kier molecular flexibility index (Phi) is 3.41. The van der Waals surface area contributed by atoms with Crippen LogP contribution in [-0.2, 0) is 11.2 Å². The molecule has 0 atom stereocenters. The predicted octanol–water partition coefficient (Wildman–Crippen LogP) is 2.30. The highest BCUT2D eigenvalue weighted by atomic mass is 32.1. The van der Waals surface area contributed by atoms with E-state index in [-0.39, 0.29) is 5.78 Å². The lowest BCUT2D eigenvalue weighted by Crippen LogP contribution is -2.06. The Balaban J connectivity index is 2.37. The van der Waals surface area contributed by atoms with Crippen molar-refractivity contribution in [1.82, 2.24) is 4.98 Å². The van der Waals surface area contributed by atoms with E-state index < -0.39 is 0 Å². The molecule has 0 aliphatic carbocycles. The lowest BCUT2D eigenvalue weighted by Gasteiger charge is -2.00. The Morgan fingerprint density at radius 1 is 1.67 bits per heavy atom. The number of hydrogen-bond donors (Lipinski definition) is 0. The summed E-state index contributed by atoms with van der Waals surface area (Å²) in [5.74, 6) is 0.743. The van der Waals surface area contributed by atoms with Crippen molar-refractivity contribution in [3.05, 3.63) is 16.6 Å². The molecule has 3 heteroatoms. The van der Waals surface area contributed by atoms with Gasteiger partial charge in [-0.3, -0.25) is 4.79 Å². The van der Waals surface area contributed by atoms with Crippen molar-refractivity contribution in [2.75, 3.05) is 0 Å². The summed E-state index contributed by atoms with van der Waals surface area (Å²) in [4.78, 5) is 15.3. The van der Waals surface area contributed by atoms with E-state index in [2.05, 4.69) is 18.8 Å². The Labute approximate surface area is 76.6 Å². The van der Waals surface area contributed by atoms with Crippen LogP contribution in [0.1, 0.15) is 26.0 Å². The van der Waals surface area contributed by atoms with Gasteiger partial charge in [0, 0.05) is 18.2 Å². The lowest BCUT2D eigenvalue weighted by atomic mass is 10.0. The fourth-order valence-electron chi connectivity index (χ4n) is 1.05. The quantitative estimate of drug-likeness (QED) is 0.717. The van der Waals surface area contributed by atoms with Gasteiger partial charge in [0.25, 0.3) is 0 Å². The molecule has 0 amide bonds. The summed E-state index contributed by atoms with van der Waals surface area (Å²) in [5, 5.41) is 1.93. The fourth-order valence-corrected chi connectivity index (χ4v) is 1.61. The zero-order chi connectivity index (χ0) is 8.97. The van der Waals surface area contributed by atoms with E-state index >= 15 is 0 Å². The van der Waals surface area contributed by atoms with Crippen molar-refractivity contribution >= 4 is 17.1 Å². The molecule has 0 saturated heterocycles. The van der Waals surface area contributed by atoms with Crippen molar-refractivity contribution in [3.63, 3.8) is 0 Å². The molecule has 66 valence electrons. The van der Waals surface area contributed by atoms with Crippen LogP contribution >= 0.6 is 11.3 Å². The zero-order valence-corrected chi connectivity index (χ0v) is 8.23. The number of hydrogen-bond acceptors (Lipinski definition) is 3. The highest BCUT2D eigenvalue weighted by Gasteiger charge is 2.06. The van der Waals surface area contributed by atoms with Crippen LogP contribution in [0.2, 0.25) is 0 Å². The maximum Gasteiger partial charge on any atom is 0.139 e. The van der Waals surface area contributed by atoms with Crippen LogP contribution in [0.3, 0.4) is 0 Å². The van der Waals surface area contributed by atoms with E-state index in [1.807, 2.05) is 5.38 Å². The van der Waals surface area contributed by atoms with Crippen LogP contribution < -0.4 is 0 Å². The number of Topliss-reactive ketones (excluding diaryl/α,β-unsaturated/α-hetero) is 1. The minimum absolute atomic E-state index is 0.288. The molecule has 0 N–H and O–H groups in total. The van der Waals surface area contributed by atoms with Crippen LogP contribution in [-0.4, -0.2) is 10.8 Å². The molecule has 1 rings (SSSR count). The molecule has 0 aliphatic rings. The van der Waals surface area contributed by atoms with Gasteiger partial charge in [-0.2, -0.15) is 0 Å². The second-order valence-corrected chi connectivity index (χ2v) is 4.01. The molecule has 2 nitrogen and oxygen atoms in total. The van der Waals surface area contributed by atoms with Crippen LogP contribution in [0.15, 0.2) is 10.9 Å². The van der Waals surface area contributed by atoms with Crippen molar-refractivity contribution in [2.45, 2.75) is 26.7 Å². The average Bonchev–Trinajstić information content (AvgIpc) is 2.37. The monoisotopic (exact) mass is 183 g/mol. The number of thiazole rings is 1. The first kappa shape index (κ1) is 9.39. The molecular formula is C9H13NOS. The van der Waals surface area contributed by atoms with Gasteiger partial charge in [0.05, 0.1) is 11.2 Å². The molecule has 0 fully saturated rings. The number of ketones is 1. The molecule has 0 aromatic carbocycles. The molecule has 0 spiro atoms. The molecule has 1 heterocycles. The van der Waals surface area contributed by atoms with Crippen molar-refractivity contribution in [2.24, 2.45) is 5.92 Å². The lowest BCUT2D eigenvalue weighted by molar-refractivity contribution is -0.119. The minimum Gasteiger partial charge on any atom is -0.299 e. The van der Waals surface area contributed by atoms with Gasteiger partial charge in [0.1, 0.15) is 5.78 Å². The second kappa shape index (κ2) is 4.36. The Morgan fingerprint density at radius 2 is 2.42 bits per heavy atom. The topological polar surface area (TPSA) is 30.0 Å².